The van der Waals surface area contributed by atoms with Crippen molar-refractivity contribution in [3.8, 4) is 5.75 Å². The minimum atomic E-state index is -0.143. The molecule has 0 radical (unpaired) electrons. The molecule has 0 spiro atoms. The quantitative estimate of drug-likeness (QED) is 0.935. The van der Waals surface area contributed by atoms with Gasteiger partial charge in [-0.2, -0.15) is 0 Å². The van der Waals surface area contributed by atoms with E-state index in [-0.39, 0.29) is 11.9 Å². The molecule has 1 fully saturated rings. The maximum atomic E-state index is 12.7. The summed E-state index contributed by atoms with van der Waals surface area (Å²) in [5, 5.41) is 2.87. The average Bonchev–Trinajstić information content (AvgIpc) is 2.68. The molecule has 6 nitrogen and oxygen atoms in total. The van der Waals surface area contributed by atoms with Gasteiger partial charge < -0.3 is 19.9 Å². The highest BCUT2D eigenvalue weighted by molar-refractivity contribution is 5.97. The van der Waals surface area contributed by atoms with Crippen molar-refractivity contribution in [1.29, 1.82) is 0 Å². The van der Waals surface area contributed by atoms with E-state index in [4.69, 9.17) is 4.74 Å². The van der Waals surface area contributed by atoms with Gasteiger partial charge in [0, 0.05) is 31.9 Å². The molecule has 1 saturated heterocycles. The summed E-state index contributed by atoms with van der Waals surface area (Å²) in [4.78, 5) is 28.5. The van der Waals surface area contributed by atoms with Crippen molar-refractivity contribution in [2.75, 3.05) is 38.6 Å². The average molecular weight is 339 g/mol. The number of carbonyl (C=O) groups excluding carboxylic acids is 2. The van der Waals surface area contributed by atoms with Gasteiger partial charge in [-0.15, -0.1) is 0 Å². The first-order valence-corrected chi connectivity index (χ1v) is 8.22. The standard InChI is InChI=1S/C19H21N3O3/c1-25-17-10-6-5-9-16(17)18(23)21-11-13-22(14-12-21)19(24)20-15-7-3-2-4-8-15/h2-10H,11-14H2,1H3,(H,20,24). The fourth-order valence-corrected chi connectivity index (χ4v) is 2.83. The van der Waals surface area contributed by atoms with Crippen LogP contribution in [0.3, 0.4) is 0 Å². The van der Waals surface area contributed by atoms with Gasteiger partial charge in [0.2, 0.25) is 0 Å². The molecule has 3 amide bonds. The van der Waals surface area contributed by atoms with E-state index in [1.165, 1.54) is 0 Å². The van der Waals surface area contributed by atoms with Crippen LogP contribution in [0.1, 0.15) is 10.4 Å². The molecule has 2 aromatic carbocycles. The minimum absolute atomic E-state index is 0.0689. The molecule has 2 aromatic rings. The normalized spacial score (nSPS) is 14.1. The van der Waals surface area contributed by atoms with E-state index in [2.05, 4.69) is 5.32 Å². The maximum absolute atomic E-state index is 12.7. The zero-order chi connectivity index (χ0) is 17.6. The Bertz CT molecular complexity index is 741. The Balaban J connectivity index is 1.58. The van der Waals surface area contributed by atoms with Crippen LogP contribution in [-0.2, 0) is 0 Å². The molecule has 0 saturated carbocycles. The van der Waals surface area contributed by atoms with E-state index in [1.54, 1.807) is 29.0 Å². The highest BCUT2D eigenvalue weighted by Gasteiger charge is 2.26. The number of piperazine rings is 1. The topological polar surface area (TPSA) is 61.9 Å². The maximum Gasteiger partial charge on any atom is 0.321 e. The summed E-state index contributed by atoms with van der Waals surface area (Å²) in [6, 6.07) is 16.4. The van der Waals surface area contributed by atoms with Crippen LogP contribution >= 0.6 is 0 Å². The smallest absolute Gasteiger partial charge is 0.321 e. The number of rotatable bonds is 3. The molecule has 0 atom stereocenters. The molecule has 1 heterocycles. The SMILES string of the molecule is COc1ccccc1C(=O)N1CCN(C(=O)Nc2ccccc2)CC1. The van der Waals surface area contributed by atoms with Gasteiger partial charge in [0.15, 0.2) is 0 Å². The Morgan fingerprint density at radius 3 is 2.16 bits per heavy atom. The van der Waals surface area contributed by atoms with Gasteiger partial charge in [0.1, 0.15) is 5.75 Å². The highest BCUT2D eigenvalue weighted by atomic mass is 16.5. The second-order valence-electron chi connectivity index (χ2n) is 5.78. The van der Waals surface area contributed by atoms with Gasteiger partial charge >= 0.3 is 6.03 Å². The molecule has 6 heteroatoms. The molecule has 1 aliphatic rings. The van der Waals surface area contributed by atoms with Crippen molar-refractivity contribution in [3.05, 3.63) is 60.2 Å². The fourth-order valence-electron chi connectivity index (χ4n) is 2.83. The van der Waals surface area contributed by atoms with Crippen molar-refractivity contribution in [2.45, 2.75) is 0 Å². The zero-order valence-corrected chi connectivity index (χ0v) is 14.1. The first kappa shape index (κ1) is 16.8. The third kappa shape index (κ3) is 3.91. The summed E-state index contributed by atoms with van der Waals surface area (Å²) in [5.41, 5.74) is 1.31. The van der Waals surface area contributed by atoms with Crippen LogP contribution in [0, 0.1) is 0 Å². The number of nitrogens with zero attached hydrogens (tertiary/aromatic N) is 2. The van der Waals surface area contributed by atoms with Crippen LogP contribution in [0.2, 0.25) is 0 Å². The second-order valence-corrected chi connectivity index (χ2v) is 5.78. The highest BCUT2D eigenvalue weighted by Crippen LogP contribution is 2.20. The molecular formula is C19H21N3O3. The molecule has 25 heavy (non-hydrogen) atoms. The summed E-state index contributed by atoms with van der Waals surface area (Å²) >= 11 is 0. The number of hydrogen-bond donors (Lipinski definition) is 1. The van der Waals surface area contributed by atoms with Gasteiger partial charge in [0.25, 0.3) is 5.91 Å². The molecular weight excluding hydrogens is 318 g/mol. The minimum Gasteiger partial charge on any atom is -0.496 e. The van der Waals surface area contributed by atoms with Crippen LogP contribution in [0.15, 0.2) is 54.6 Å². The number of methoxy groups -OCH3 is 1. The van der Waals surface area contributed by atoms with Crippen molar-refractivity contribution < 1.29 is 14.3 Å². The third-order valence-electron chi connectivity index (χ3n) is 4.22. The van der Waals surface area contributed by atoms with Gasteiger partial charge in [0.05, 0.1) is 12.7 Å². The van der Waals surface area contributed by atoms with Crippen LogP contribution in [-0.4, -0.2) is 55.0 Å². The van der Waals surface area contributed by atoms with Gasteiger partial charge in [-0.1, -0.05) is 30.3 Å². The predicted molar refractivity (Wildman–Crippen MR) is 95.9 cm³/mol. The first-order valence-electron chi connectivity index (χ1n) is 8.22. The van der Waals surface area contributed by atoms with E-state index in [0.29, 0.717) is 37.5 Å². The summed E-state index contributed by atoms with van der Waals surface area (Å²) in [6.45, 7) is 2.00. The predicted octanol–water partition coefficient (Wildman–Crippen LogP) is 2.69. The lowest BCUT2D eigenvalue weighted by Gasteiger charge is -2.35. The molecule has 0 aliphatic carbocycles. The largest absolute Gasteiger partial charge is 0.496 e. The van der Waals surface area contributed by atoms with Crippen molar-refractivity contribution >= 4 is 17.6 Å². The second kappa shape index (κ2) is 7.70. The monoisotopic (exact) mass is 339 g/mol. The molecule has 3 rings (SSSR count). The molecule has 1 N–H and O–H groups in total. The van der Waals surface area contributed by atoms with Gasteiger partial charge in [-0.05, 0) is 24.3 Å². The molecule has 1 aliphatic heterocycles. The number of para-hydroxylation sites is 2. The number of anilines is 1. The van der Waals surface area contributed by atoms with Crippen LogP contribution in [0.5, 0.6) is 5.75 Å². The molecule has 0 unspecified atom stereocenters. The summed E-state index contributed by atoms with van der Waals surface area (Å²) in [5.74, 6) is 0.498. The first-order chi connectivity index (χ1) is 12.2. The number of ether oxygens (including phenoxy) is 1. The Labute approximate surface area is 147 Å². The Kier molecular flexibility index (Phi) is 5.18. The number of hydrogen-bond acceptors (Lipinski definition) is 3. The molecule has 0 bridgehead atoms. The number of urea groups is 1. The zero-order valence-electron chi connectivity index (χ0n) is 14.1. The van der Waals surface area contributed by atoms with E-state index >= 15 is 0 Å². The number of carbonyl (C=O) groups is 2. The Morgan fingerprint density at radius 2 is 1.48 bits per heavy atom. The lowest BCUT2D eigenvalue weighted by Crippen LogP contribution is -2.51. The van der Waals surface area contributed by atoms with Crippen molar-refractivity contribution in [1.82, 2.24) is 9.80 Å². The van der Waals surface area contributed by atoms with E-state index < -0.39 is 0 Å². The summed E-state index contributed by atoms with van der Waals surface area (Å²) < 4.78 is 5.26. The summed E-state index contributed by atoms with van der Waals surface area (Å²) in [7, 11) is 1.55. The Morgan fingerprint density at radius 1 is 0.880 bits per heavy atom. The van der Waals surface area contributed by atoms with Crippen LogP contribution in [0.4, 0.5) is 10.5 Å². The number of amides is 3. The van der Waals surface area contributed by atoms with Gasteiger partial charge in [-0.25, -0.2) is 4.79 Å². The summed E-state index contributed by atoms with van der Waals surface area (Å²) in [6.07, 6.45) is 0. The lowest BCUT2D eigenvalue weighted by molar-refractivity contribution is 0.0668. The fraction of sp³-hybridized carbons (Fsp3) is 0.263. The van der Waals surface area contributed by atoms with Crippen molar-refractivity contribution in [3.63, 3.8) is 0 Å². The van der Waals surface area contributed by atoms with Crippen LogP contribution in [0.25, 0.3) is 0 Å². The van der Waals surface area contributed by atoms with E-state index in [0.717, 1.165) is 5.69 Å². The third-order valence-corrected chi connectivity index (χ3v) is 4.22. The van der Waals surface area contributed by atoms with Crippen molar-refractivity contribution in [2.24, 2.45) is 0 Å². The van der Waals surface area contributed by atoms with E-state index in [9.17, 15) is 9.59 Å². The van der Waals surface area contributed by atoms with Gasteiger partial charge in [-0.3, -0.25) is 4.79 Å². The van der Waals surface area contributed by atoms with Crippen LogP contribution < -0.4 is 10.1 Å². The lowest BCUT2D eigenvalue weighted by atomic mass is 10.1. The molecule has 0 aromatic heterocycles. The number of nitrogens with one attached hydrogen (secondary N) is 1. The number of benzene rings is 2. The molecule has 130 valence electrons. The van der Waals surface area contributed by atoms with E-state index in [1.807, 2.05) is 42.5 Å². The Hall–Kier alpha value is -3.02.